The minimum absolute atomic E-state index is 0.0232. The molecule has 1 aromatic heterocycles. The Bertz CT molecular complexity index is 416. The van der Waals surface area contributed by atoms with Gasteiger partial charge in [-0.25, -0.2) is 4.68 Å². The van der Waals surface area contributed by atoms with Gasteiger partial charge in [0.1, 0.15) is 0 Å². The van der Waals surface area contributed by atoms with Crippen molar-refractivity contribution in [1.82, 2.24) is 15.1 Å². The zero-order chi connectivity index (χ0) is 13.5. The molecule has 1 N–H and O–H groups in total. The van der Waals surface area contributed by atoms with Gasteiger partial charge in [0.2, 0.25) is 0 Å². The fraction of sp³-hybridized carbons (Fsp3) is 0.692. The van der Waals surface area contributed by atoms with E-state index in [2.05, 4.69) is 17.3 Å². The number of nitrogens with one attached hydrogen (secondary N) is 1. The van der Waals surface area contributed by atoms with Gasteiger partial charge in [0, 0.05) is 32.2 Å². The first-order valence-electron chi connectivity index (χ1n) is 6.54. The molecule has 1 unspecified atom stereocenters. The molecule has 0 radical (unpaired) electrons. The van der Waals surface area contributed by atoms with E-state index in [-0.39, 0.29) is 5.56 Å². The van der Waals surface area contributed by atoms with Crippen molar-refractivity contribution in [1.29, 1.82) is 0 Å². The highest BCUT2D eigenvalue weighted by molar-refractivity contribution is 5.41. The maximum atomic E-state index is 11.9. The largest absolute Gasteiger partial charge is 0.373 e. The van der Waals surface area contributed by atoms with Gasteiger partial charge in [-0.05, 0) is 33.7 Å². The van der Waals surface area contributed by atoms with E-state index in [9.17, 15) is 4.79 Å². The molecule has 1 heterocycles. The van der Waals surface area contributed by atoms with Crippen LogP contribution in [0.4, 0.5) is 5.69 Å². The topological polar surface area (TPSA) is 50.2 Å². The number of aromatic nitrogens is 2. The van der Waals surface area contributed by atoms with Crippen molar-refractivity contribution in [2.45, 2.75) is 39.3 Å². The van der Waals surface area contributed by atoms with Crippen LogP contribution in [0.25, 0.3) is 0 Å². The summed E-state index contributed by atoms with van der Waals surface area (Å²) in [6.07, 6.45) is 3.76. The second-order valence-electron chi connectivity index (χ2n) is 4.62. The highest BCUT2D eigenvalue weighted by Gasteiger charge is 2.04. The molecular weight excluding hydrogens is 228 g/mol. The highest BCUT2D eigenvalue weighted by atomic mass is 16.1. The molecule has 1 rings (SSSR count). The van der Waals surface area contributed by atoms with E-state index in [0.717, 1.165) is 25.1 Å². The SMILES string of the molecule is CCN(C)c1cnn(CCCC(C)NC)c(=O)c1. The third-order valence-corrected chi connectivity index (χ3v) is 3.27. The van der Waals surface area contributed by atoms with Crippen LogP contribution in [0.1, 0.15) is 26.7 Å². The first kappa shape index (κ1) is 14.7. The lowest BCUT2D eigenvalue weighted by atomic mass is 10.2. The van der Waals surface area contributed by atoms with E-state index in [1.807, 2.05) is 25.9 Å². The van der Waals surface area contributed by atoms with Gasteiger partial charge in [0.15, 0.2) is 0 Å². The summed E-state index contributed by atoms with van der Waals surface area (Å²) in [5, 5.41) is 7.40. The standard InChI is InChI=1S/C13H24N4O/c1-5-16(4)12-9-13(18)17(15-10-12)8-6-7-11(2)14-3/h9-11,14H,5-8H2,1-4H3. The summed E-state index contributed by atoms with van der Waals surface area (Å²) in [5.41, 5.74) is 0.854. The molecule has 0 bridgehead atoms. The fourth-order valence-corrected chi connectivity index (χ4v) is 1.67. The molecule has 1 atom stereocenters. The summed E-state index contributed by atoms with van der Waals surface area (Å²) in [5.74, 6) is 0. The van der Waals surface area contributed by atoms with Gasteiger partial charge < -0.3 is 10.2 Å². The van der Waals surface area contributed by atoms with Crippen LogP contribution < -0.4 is 15.8 Å². The lowest BCUT2D eigenvalue weighted by Crippen LogP contribution is -2.27. The molecule has 0 saturated carbocycles. The average Bonchev–Trinajstić information content (AvgIpc) is 2.39. The van der Waals surface area contributed by atoms with Crippen LogP contribution in [0.15, 0.2) is 17.1 Å². The predicted octanol–water partition coefficient (Wildman–Crippen LogP) is 1.09. The van der Waals surface area contributed by atoms with E-state index < -0.39 is 0 Å². The molecule has 0 saturated heterocycles. The fourth-order valence-electron chi connectivity index (χ4n) is 1.67. The summed E-state index contributed by atoms with van der Waals surface area (Å²) in [6.45, 7) is 5.73. The van der Waals surface area contributed by atoms with Gasteiger partial charge in [-0.3, -0.25) is 4.79 Å². The normalized spacial score (nSPS) is 12.4. The van der Waals surface area contributed by atoms with E-state index in [0.29, 0.717) is 12.6 Å². The Morgan fingerprint density at radius 2 is 2.28 bits per heavy atom. The van der Waals surface area contributed by atoms with Crippen LogP contribution in [0.3, 0.4) is 0 Å². The van der Waals surface area contributed by atoms with Crippen molar-refractivity contribution in [2.24, 2.45) is 0 Å². The Labute approximate surface area is 109 Å². The van der Waals surface area contributed by atoms with Crippen molar-refractivity contribution in [3.8, 4) is 0 Å². The molecule has 0 aromatic carbocycles. The number of rotatable bonds is 7. The van der Waals surface area contributed by atoms with E-state index >= 15 is 0 Å². The number of anilines is 1. The van der Waals surface area contributed by atoms with Crippen LogP contribution in [0.5, 0.6) is 0 Å². The molecule has 0 aliphatic rings. The zero-order valence-corrected chi connectivity index (χ0v) is 11.8. The van der Waals surface area contributed by atoms with E-state index in [4.69, 9.17) is 0 Å². The van der Waals surface area contributed by atoms with Gasteiger partial charge in [-0.2, -0.15) is 5.10 Å². The first-order chi connectivity index (χ1) is 8.58. The van der Waals surface area contributed by atoms with Crippen LogP contribution in [0.2, 0.25) is 0 Å². The summed E-state index contributed by atoms with van der Waals surface area (Å²) in [6, 6.07) is 2.13. The molecule has 5 nitrogen and oxygen atoms in total. The molecule has 0 spiro atoms. The van der Waals surface area contributed by atoms with Crippen molar-refractivity contribution >= 4 is 5.69 Å². The summed E-state index contributed by atoms with van der Waals surface area (Å²) >= 11 is 0. The van der Waals surface area contributed by atoms with E-state index in [1.54, 1.807) is 12.3 Å². The second-order valence-corrected chi connectivity index (χ2v) is 4.62. The Hall–Kier alpha value is -1.36. The molecule has 0 fully saturated rings. The number of hydrogen-bond donors (Lipinski definition) is 1. The van der Waals surface area contributed by atoms with Gasteiger partial charge in [0.05, 0.1) is 11.9 Å². The lowest BCUT2D eigenvalue weighted by molar-refractivity contribution is 0.476. The monoisotopic (exact) mass is 252 g/mol. The van der Waals surface area contributed by atoms with Crippen LogP contribution in [-0.4, -0.2) is 36.5 Å². The van der Waals surface area contributed by atoms with Gasteiger partial charge >= 0.3 is 0 Å². The molecule has 0 aliphatic heterocycles. The third-order valence-electron chi connectivity index (χ3n) is 3.27. The Morgan fingerprint density at radius 1 is 1.56 bits per heavy atom. The molecule has 102 valence electrons. The minimum Gasteiger partial charge on any atom is -0.373 e. The lowest BCUT2D eigenvalue weighted by Gasteiger charge is -2.16. The van der Waals surface area contributed by atoms with Crippen LogP contribution in [0, 0.1) is 0 Å². The van der Waals surface area contributed by atoms with Gasteiger partial charge in [-0.1, -0.05) is 0 Å². The highest BCUT2D eigenvalue weighted by Crippen LogP contribution is 2.06. The quantitative estimate of drug-likeness (QED) is 0.789. The molecule has 0 amide bonds. The predicted molar refractivity (Wildman–Crippen MR) is 75.2 cm³/mol. The van der Waals surface area contributed by atoms with Crippen molar-refractivity contribution in [3.63, 3.8) is 0 Å². The second kappa shape index (κ2) is 7.16. The summed E-state index contributed by atoms with van der Waals surface area (Å²) in [4.78, 5) is 13.9. The Balaban J connectivity index is 2.60. The maximum Gasteiger partial charge on any atom is 0.268 e. The van der Waals surface area contributed by atoms with E-state index in [1.165, 1.54) is 4.68 Å². The molecule has 0 aliphatic carbocycles. The van der Waals surface area contributed by atoms with Crippen molar-refractivity contribution < 1.29 is 0 Å². The third kappa shape index (κ3) is 4.14. The Kier molecular flexibility index (Phi) is 5.85. The molecule has 1 aromatic rings. The van der Waals surface area contributed by atoms with Crippen molar-refractivity contribution in [2.75, 3.05) is 25.5 Å². The maximum absolute atomic E-state index is 11.9. The summed E-state index contributed by atoms with van der Waals surface area (Å²) in [7, 11) is 3.90. The zero-order valence-electron chi connectivity index (χ0n) is 11.8. The molecular formula is C13H24N4O. The number of aryl methyl sites for hydroxylation is 1. The number of nitrogens with zero attached hydrogens (tertiary/aromatic N) is 3. The minimum atomic E-state index is -0.0232. The van der Waals surface area contributed by atoms with Gasteiger partial charge in [-0.15, -0.1) is 0 Å². The van der Waals surface area contributed by atoms with Gasteiger partial charge in [0.25, 0.3) is 5.56 Å². The molecule has 18 heavy (non-hydrogen) atoms. The van der Waals surface area contributed by atoms with Crippen LogP contribution >= 0.6 is 0 Å². The Morgan fingerprint density at radius 3 is 2.83 bits per heavy atom. The van der Waals surface area contributed by atoms with Crippen molar-refractivity contribution in [3.05, 3.63) is 22.6 Å². The summed E-state index contributed by atoms with van der Waals surface area (Å²) < 4.78 is 1.54. The molecule has 5 heteroatoms. The van der Waals surface area contributed by atoms with Crippen LogP contribution in [-0.2, 0) is 6.54 Å². The first-order valence-corrected chi connectivity index (χ1v) is 6.54. The average molecular weight is 252 g/mol. The smallest absolute Gasteiger partial charge is 0.268 e. The number of hydrogen-bond acceptors (Lipinski definition) is 4.